The molecule has 0 radical (unpaired) electrons. The molecule has 0 saturated heterocycles. The number of nitrogens with one attached hydrogen (secondary N) is 1. The summed E-state index contributed by atoms with van der Waals surface area (Å²) in [6.07, 6.45) is 4.38. The highest BCUT2D eigenvalue weighted by atomic mass is 127. The van der Waals surface area contributed by atoms with E-state index in [0.29, 0.717) is 0 Å². The third-order valence-electron chi connectivity index (χ3n) is 3.55. The summed E-state index contributed by atoms with van der Waals surface area (Å²) in [7, 11) is 3.92. The predicted molar refractivity (Wildman–Crippen MR) is 110 cm³/mol. The van der Waals surface area contributed by atoms with Crippen LogP contribution in [0.4, 0.5) is 0 Å². The van der Waals surface area contributed by atoms with Crippen molar-refractivity contribution in [3.63, 3.8) is 0 Å². The molecule has 1 aromatic carbocycles. The lowest BCUT2D eigenvalue weighted by atomic mass is 10.2. The SMILES string of the molecule is CCCCN(C)C(=NC)NCCCOCCc1ccccc1.I. The Morgan fingerprint density at radius 2 is 1.91 bits per heavy atom. The van der Waals surface area contributed by atoms with Gasteiger partial charge in [-0.2, -0.15) is 0 Å². The van der Waals surface area contributed by atoms with Gasteiger partial charge in [0.25, 0.3) is 0 Å². The average molecular weight is 433 g/mol. The maximum absolute atomic E-state index is 5.68. The quantitative estimate of drug-likeness (QED) is 0.265. The fraction of sp³-hybridized carbons (Fsp3) is 0.611. The number of hydrogen-bond donors (Lipinski definition) is 1. The highest BCUT2D eigenvalue weighted by molar-refractivity contribution is 14.0. The molecule has 0 aliphatic carbocycles. The lowest BCUT2D eigenvalue weighted by Crippen LogP contribution is -2.40. The van der Waals surface area contributed by atoms with Crippen molar-refractivity contribution in [3.8, 4) is 0 Å². The minimum absolute atomic E-state index is 0. The highest BCUT2D eigenvalue weighted by Gasteiger charge is 2.03. The molecule has 0 aromatic heterocycles. The van der Waals surface area contributed by atoms with Gasteiger partial charge >= 0.3 is 0 Å². The predicted octanol–water partition coefficient (Wildman–Crippen LogP) is 3.56. The van der Waals surface area contributed by atoms with Gasteiger partial charge in [0, 0.05) is 33.8 Å². The Bertz CT molecular complexity index is 412. The highest BCUT2D eigenvalue weighted by Crippen LogP contribution is 1.99. The number of guanidine groups is 1. The van der Waals surface area contributed by atoms with E-state index in [0.717, 1.165) is 45.1 Å². The molecule has 5 heteroatoms. The van der Waals surface area contributed by atoms with Gasteiger partial charge in [-0.05, 0) is 24.8 Å². The van der Waals surface area contributed by atoms with Crippen LogP contribution in [-0.2, 0) is 11.2 Å². The first-order chi connectivity index (χ1) is 10.8. The van der Waals surface area contributed by atoms with Crippen LogP contribution >= 0.6 is 24.0 Å². The van der Waals surface area contributed by atoms with E-state index in [1.807, 2.05) is 13.1 Å². The monoisotopic (exact) mass is 433 g/mol. The molecule has 132 valence electrons. The molecular weight excluding hydrogens is 401 g/mol. The van der Waals surface area contributed by atoms with E-state index in [4.69, 9.17) is 4.74 Å². The Labute approximate surface area is 158 Å². The number of unbranched alkanes of at least 4 members (excludes halogenated alkanes) is 1. The van der Waals surface area contributed by atoms with Crippen LogP contribution in [0.3, 0.4) is 0 Å². The molecule has 0 amide bonds. The second kappa shape index (κ2) is 14.8. The van der Waals surface area contributed by atoms with E-state index in [1.54, 1.807) is 0 Å². The molecule has 1 rings (SSSR count). The number of benzene rings is 1. The van der Waals surface area contributed by atoms with Crippen LogP contribution in [0.5, 0.6) is 0 Å². The Morgan fingerprint density at radius 3 is 2.57 bits per heavy atom. The molecule has 0 aliphatic rings. The summed E-state index contributed by atoms with van der Waals surface area (Å²) < 4.78 is 5.68. The first-order valence-corrected chi connectivity index (χ1v) is 8.31. The Balaban J connectivity index is 0.00000484. The van der Waals surface area contributed by atoms with Gasteiger partial charge in [-0.15, -0.1) is 24.0 Å². The van der Waals surface area contributed by atoms with Gasteiger partial charge in [-0.1, -0.05) is 43.7 Å². The minimum Gasteiger partial charge on any atom is -0.381 e. The van der Waals surface area contributed by atoms with E-state index >= 15 is 0 Å². The Kier molecular flexibility index (Phi) is 14.2. The van der Waals surface area contributed by atoms with Crippen LogP contribution in [0, 0.1) is 0 Å². The molecule has 0 bridgehead atoms. The molecule has 1 aromatic rings. The van der Waals surface area contributed by atoms with Gasteiger partial charge in [-0.25, -0.2) is 0 Å². The Morgan fingerprint density at radius 1 is 1.17 bits per heavy atom. The van der Waals surface area contributed by atoms with Crippen molar-refractivity contribution in [2.45, 2.75) is 32.6 Å². The van der Waals surface area contributed by atoms with Gasteiger partial charge in [0.05, 0.1) is 6.61 Å². The smallest absolute Gasteiger partial charge is 0.193 e. The second-order valence-corrected chi connectivity index (χ2v) is 5.45. The van der Waals surface area contributed by atoms with Crippen LogP contribution < -0.4 is 5.32 Å². The number of hydrogen-bond acceptors (Lipinski definition) is 2. The summed E-state index contributed by atoms with van der Waals surface area (Å²) in [6.45, 7) is 5.72. The molecule has 1 N–H and O–H groups in total. The maximum atomic E-state index is 5.68. The van der Waals surface area contributed by atoms with Gasteiger partial charge in [0.1, 0.15) is 0 Å². The van der Waals surface area contributed by atoms with Gasteiger partial charge < -0.3 is 15.0 Å². The van der Waals surface area contributed by atoms with E-state index in [2.05, 4.69) is 53.4 Å². The van der Waals surface area contributed by atoms with E-state index in [9.17, 15) is 0 Å². The van der Waals surface area contributed by atoms with Crippen molar-refractivity contribution in [2.75, 3.05) is 40.4 Å². The second-order valence-electron chi connectivity index (χ2n) is 5.45. The number of ether oxygens (including phenoxy) is 1. The molecule has 0 atom stereocenters. The summed E-state index contributed by atoms with van der Waals surface area (Å²) in [5.74, 6) is 0.970. The van der Waals surface area contributed by atoms with Crippen LogP contribution in [0.1, 0.15) is 31.7 Å². The van der Waals surface area contributed by atoms with Crippen molar-refractivity contribution >= 4 is 29.9 Å². The molecule has 0 unspecified atom stereocenters. The largest absolute Gasteiger partial charge is 0.381 e. The normalized spacial score (nSPS) is 11.0. The minimum atomic E-state index is 0. The van der Waals surface area contributed by atoms with Crippen molar-refractivity contribution in [1.29, 1.82) is 0 Å². The van der Waals surface area contributed by atoms with E-state index in [1.165, 1.54) is 18.4 Å². The molecule has 0 aliphatic heterocycles. The standard InChI is InChI=1S/C18H31N3O.HI/c1-4-5-14-21(3)18(19-2)20-13-9-15-22-16-12-17-10-7-6-8-11-17;/h6-8,10-11H,4-5,9,12-16H2,1-3H3,(H,19,20);1H. The fourth-order valence-corrected chi connectivity index (χ4v) is 2.20. The summed E-state index contributed by atoms with van der Waals surface area (Å²) in [4.78, 5) is 6.49. The van der Waals surface area contributed by atoms with E-state index < -0.39 is 0 Å². The molecule has 0 spiro atoms. The molecular formula is C18H32IN3O. The van der Waals surface area contributed by atoms with Crippen molar-refractivity contribution in [3.05, 3.63) is 35.9 Å². The third kappa shape index (κ3) is 10.5. The molecule has 23 heavy (non-hydrogen) atoms. The van der Waals surface area contributed by atoms with Gasteiger partial charge in [-0.3, -0.25) is 4.99 Å². The zero-order chi connectivity index (χ0) is 16.0. The molecule has 0 saturated carbocycles. The summed E-state index contributed by atoms with van der Waals surface area (Å²) in [6, 6.07) is 10.5. The lowest BCUT2D eigenvalue weighted by molar-refractivity contribution is 0.135. The summed E-state index contributed by atoms with van der Waals surface area (Å²) >= 11 is 0. The van der Waals surface area contributed by atoms with Gasteiger partial charge in [0.2, 0.25) is 0 Å². The first kappa shape index (κ1) is 22.2. The van der Waals surface area contributed by atoms with Crippen LogP contribution in [0.2, 0.25) is 0 Å². The third-order valence-corrected chi connectivity index (χ3v) is 3.55. The van der Waals surface area contributed by atoms with Crippen molar-refractivity contribution in [1.82, 2.24) is 10.2 Å². The molecule has 4 nitrogen and oxygen atoms in total. The molecule has 0 fully saturated rings. The van der Waals surface area contributed by atoms with Crippen LogP contribution in [-0.4, -0.2) is 51.3 Å². The van der Waals surface area contributed by atoms with Crippen molar-refractivity contribution < 1.29 is 4.74 Å². The van der Waals surface area contributed by atoms with E-state index in [-0.39, 0.29) is 24.0 Å². The zero-order valence-corrected chi connectivity index (χ0v) is 17.1. The fourth-order valence-electron chi connectivity index (χ4n) is 2.20. The van der Waals surface area contributed by atoms with Gasteiger partial charge in [0.15, 0.2) is 5.96 Å². The topological polar surface area (TPSA) is 36.9 Å². The first-order valence-electron chi connectivity index (χ1n) is 8.31. The van der Waals surface area contributed by atoms with Crippen LogP contribution in [0.15, 0.2) is 35.3 Å². The average Bonchev–Trinajstić information content (AvgIpc) is 2.56. The number of aliphatic imine (C=N–C) groups is 1. The number of nitrogens with zero attached hydrogens (tertiary/aromatic N) is 2. The van der Waals surface area contributed by atoms with Crippen LogP contribution in [0.25, 0.3) is 0 Å². The zero-order valence-electron chi connectivity index (χ0n) is 14.8. The summed E-state index contributed by atoms with van der Waals surface area (Å²) in [5, 5.41) is 3.38. The number of halogens is 1. The lowest BCUT2D eigenvalue weighted by Gasteiger charge is -2.21. The van der Waals surface area contributed by atoms with Crippen molar-refractivity contribution in [2.24, 2.45) is 4.99 Å². The number of rotatable bonds is 10. The Hall–Kier alpha value is -0.820. The maximum Gasteiger partial charge on any atom is 0.193 e. The summed E-state index contributed by atoms with van der Waals surface area (Å²) in [5.41, 5.74) is 1.33. The molecule has 0 heterocycles.